The van der Waals surface area contributed by atoms with Gasteiger partial charge in [-0.15, -0.1) is 11.3 Å². The van der Waals surface area contributed by atoms with Crippen molar-refractivity contribution in [3.05, 3.63) is 254 Å². The first-order valence-corrected chi connectivity index (χ1v) is 27.1. The van der Waals surface area contributed by atoms with Crippen molar-refractivity contribution in [3.8, 4) is 50.2 Å². The first kappa shape index (κ1) is 46.3. The third-order valence-corrected chi connectivity index (χ3v) is 16.5. The van der Waals surface area contributed by atoms with Crippen molar-refractivity contribution in [1.29, 1.82) is 0 Å². The summed E-state index contributed by atoms with van der Waals surface area (Å²) in [6.45, 7) is 14.0. The standard InChI is InChI=1S/C72H58N2S/c1-71(2,3)50-43-49(44-51(46-50)72(4,5)6)54-32-20-23-47-24-21-33-59(69(47)54)55-28-11-17-38-65(55)74(66-39-18-12-29-56(66)60-34-22-35-61-58-31-14-19-40-68(58)75-70(60)61)63-36-15-10-27-53(63)48-41-42-67-62(45-48)57-30-13-16-37-64(57)73(67)52-25-8-7-9-26-52/h7-46H,1-6H3. The first-order valence-electron chi connectivity index (χ1n) is 26.2. The Bertz CT molecular complexity index is 4290. The van der Waals surface area contributed by atoms with E-state index in [-0.39, 0.29) is 10.8 Å². The molecule has 2 nitrogen and oxygen atoms in total. The van der Waals surface area contributed by atoms with Crippen LogP contribution in [0, 0.1) is 0 Å². The van der Waals surface area contributed by atoms with Gasteiger partial charge in [-0.3, -0.25) is 0 Å². The lowest BCUT2D eigenvalue weighted by molar-refractivity contribution is 0.569. The van der Waals surface area contributed by atoms with Crippen LogP contribution in [-0.2, 0) is 10.8 Å². The van der Waals surface area contributed by atoms with Gasteiger partial charge in [0.2, 0.25) is 0 Å². The van der Waals surface area contributed by atoms with Crippen LogP contribution >= 0.6 is 11.3 Å². The van der Waals surface area contributed by atoms with Crippen molar-refractivity contribution in [2.45, 2.75) is 52.4 Å². The highest BCUT2D eigenvalue weighted by molar-refractivity contribution is 7.26. The van der Waals surface area contributed by atoms with Crippen LogP contribution in [0.4, 0.5) is 17.1 Å². The molecule has 0 bridgehead atoms. The Hall–Kier alpha value is -8.50. The van der Waals surface area contributed by atoms with Crippen molar-refractivity contribution in [2.24, 2.45) is 0 Å². The molecule has 0 N–H and O–H groups in total. The normalized spacial score (nSPS) is 12.1. The lowest BCUT2D eigenvalue weighted by Crippen LogP contribution is -2.16. The zero-order chi connectivity index (χ0) is 51.0. The quantitative estimate of drug-likeness (QED) is 0.147. The number of para-hydroxylation sites is 5. The number of fused-ring (bicyclic) bond motifs is 7. The maximum atomic E-state index is 2.56. The number of rotatable bonds is 8. The van der Waals surface area contributed by atoms with Gasteiger partial charge in [0.1, 0.15) is 0 Å². The fraction of sp³-hybridized carbons (Fsp3) is 0.111. The zero-order valence-electron chi connectivity index (χ0n) is 43.4. The van der Waals surface area contributed by atoms with Crippen LogP contribution in [0.15, 0.2) is 243 Å². The van der Waals surface area contributed by atoms with E-state index in [9.17, 15) is 0 Å². The third-order valence-electron chi connectivity index (χ3n) is 15.3. The Morgan fingerprint density at radius 3 is 1.55 bits per heavy atom. The second kappa shape index (κ2) is 18.2. The summed E-state index contributed by atoms with van der Waals surface area (Å²) in [6.07, 6.45) is 0. The van der Waals surface area contributed by atoms with Gasteiger partial charge >= 0.3 is 0 Å². The maximum Gasteiger partial charge on any atom is 0.0541 e. The van der Waals surface area contributed by atoms with Crippen molar-refractivity contribution in [3.63, 3.8) is 0 Å². The van der Waals surface area contributed by atoms with Crippen LogP contribution in [-0.4, -0.2) is 4.57 Å². The van der Waals surface area contributed by atoms with Crippen LogP contribution < -0.4 is 4.90 Å². The van der Waals surface area contributed by atoms with Crippen LogP contribution in [0.2, 0.25) is 0 Å². The Morgan fingerprint density at radius 2 is 0.853 bits per heavy atom. The van der Waals surface area contributed by atoms with E-state index in [0.29, 0.717) is 0 Å². The van der Waals surface area contributed by atoms with Crippen LogP contribution in [0.3, 0.4) is 0 Å². The molecule has 0 radical (unpaired) electrons. The third kappa shape index (κ3) is 8.02. The summed E-state index contributed by atoms with van der Waals surface area (Å²) in [4.78, 5) is 2.56. The van der Waals surface area contributed by atoms with Crippen molar-refractivity contribution < 1.29 is 0 Å². The summed E-state index contributed by atoms with van der Waals surface area (Å²) >= 11 is 1.88. The highest BCUT2D eigenvalue weighted by atomic mass is 32.1. The largest absolute Gasteiger partial charge is 0.309 e. The van der Waals surface area contributed by atoms with Gasteiger partial charge in [-0.2, -0.15) is 0 Å². The number of benzene rings is 11. The number of hydrogen-bond acceptors (Lipinski definition) is 2. The molecule has 13 rings (SSSR count). The maximum absolute atomic E-state index is 2.56. The zero-order valence-corrected chi connectivity index (χ0v) is 44.2. The Morgan fingerprint density at radius 1 is 0.347 bits per heavy atom. The minimum atomic E-state index is -0.0268. The molecule has 3 heteroatoms. The SMILES string of the molecule is CC(C)(C)c1cc(-c2cccc3cccc(-c4ccccc4N(c4ccccc4-c4ccc5c(c4)c4ccccc4n5-c4ccccc4)c4ccccc4-c4cccc5c4sc4ccccc45)c23)cc(C(C)(C)C)c1. The van der Waals surface area contributed by atoms with Crippen molar-refractivity contribution in [1.82, 2.24) is 4.57 Å². The lowest BCUT2D eigenvalue weighted by atomic mass is 9.78. The Labute approximate surface area is 444 Å². The molecule has 0 amide bonds. The van der Waals surface area contributed by atoms with E-state index in [0.717, 1.165) is 39.4 Å². The van der Waals surface area contributed by atoms with Gasteiger partial charge in [0.15, 0.2) is 0 Å². The van der Waals surface area contributed by atoms with Gasteiger partial charge < -0.3 is 9.47 Å². The first-order chi connectivity index (χ1) is 36.5. The second-order valence-corrected chi connectivity index (χ2v) is 23.1. The number of hydrogen-bond donors (Lipinski definition) is 0. The highest BCUT2D eigenvalue weighted by Gasteiger charge is 2.27. The number of nitrogens with zero attached hydrogens (tertiary/aromatic N) is 2. The predicted octanol–water partition coefficient (Wildman–Crippen LogP) is 21.0. The molecule has 0 spiro atoms. The predicted molar refractivity (Wildman–Crippen MR) is 325 cm³/mol. The minimum absolute atomic E-state index is 0.0268. The molecule has 2 heterocycles. The molecule has 0 atom stereocenters. The number of anilines is 3. The molecule has 362 valence electrons. The van der Waals surface area contributed by atoms with E-state index in [1.807, 2.05) is 11.3 Å². The summed E-state index contributed by atoms with van der Waals surface area (Å²) < 4.78 is 4.98. The van der Waals surface area contributed by atoms with E-state index in [2.05, 4.69) is 294 Å². The van der Waals surface area contributed by atoms with Gasteiger partial charge in [-0.1, -0.05) is 230 Å². The molecule has 13 aromatic rings. The average molecular weight is 983 g/mol. The monoisotopic (exact) mass is 982 g/mol. The van der Waals surface area contributed by atoms with E-state index in [1.54, 1.807) is 0 Å². The minimum Gasteiger partial charge on any atom is -0.309 e. The van der Waals surface area contributed by atoms with E-state index in [1.165, 1.54) is 91.7 Å². The molecule has 0 unspecified atom stereocenters. The van der Waals surface area contributed by atoms with Crippen LogP contribution in [0.1, 0.15) is 52.7 Å². The highest BCUT2D eigenvalue weighted by Crippen LogP contribution is 2.52. The topological polar surface area (TPSA) is 8.17 Å². The van der Waals surface area contributed by atoms with Gasteiger partial charge in [-0.25, -0.2) is 0 Å². The van der Waals surface area contributed by atoms with Crippen LogP contribution in [0.5, 0.6) is 0 Å². The summed E-state index contributed by atoms with van der Waals surface area (Å²) in [5.74, 6) is 0. The van der Waals surface area contributed by atoms with Crippen molar-refractivity contribution >= 4 is 81.1 Å². The van der Waals surface area contributed by atoms with Crippen LogP contribution in [0.25, 0.3) is 103 Å². The van der Waals surface area contributed by atoms with Gasteiger partial charge in [-0.05, 0) is 110 Å². The van der Waals surface area contributed by atoms with Crippen molar-refractivity contribution in [2.75, 3.05) is 4.90 Å². The summed E-state index contributed by atoms with van der Waals surface area (Å²) in [5, 5.41) is 7.49. The molecule has 0 saturated carbocycles. The number of thiophene rings is 1. The molecule has 0 aliphatic rings. The van der Waals surface area contributed by atoms with Gasteiger partial charge in [0, 0.05) is 58.9 Å². The Kier molecular flexibility index (Phi) is 11.2. The molecule has 0 saturated heterocycles. The molecule has 11 aromatic carbocycles. The second-order valence-electron chi connectivity index (χ2n) is 22.1. The van der Waals surface area contributed by atoms with E-state index >= 15 is 0 Å². The lowest BCUT2D eigenvalue weighted by Gasteiger charge is -2.32. The molecular weight excluding hydrogens is 925 g/mol. The summed E-state index contributed by atoms with van der Waals surface area (Å²) in [6, 6.07) is 90.4. The van der Waals surface area contributed by atoms with E-state index < -0.39 is 0 Å². The van der Waals surface area contributed by atoms with Gasteiger partial charge in [0.05, 0.1) is 28.1 Å². The Balaban J connectivity index is 1.08. The number of aromatic nitrogens is 1. The van der Waals surface area contributed by atoms with E-state index in [4.69, 9.17) is 0 Å². The smallest absolute Gasteiger partial charge is 0.0541 e. The molecular formula is C72H58N2S. The van der Waals surface area contributed by atoms with Gasteiger partial charge in [0.25, 0.3) is 0 Å². The molecule has 0 fully saturated rings. The summed E-state index contributed by atoms with van der Waals surface area (Å²) in [7, 11) is 0. The fourth-order valence-corrected chi connectivity index (χ4v) is 12.7. The fourth-order valence-electron chi connectivity index (χ4n) is 11.5. The molecule has 75 heavy (non-hydrogen) atoms. The average Bonchev–Trinajstić information content (AvgIpc) is 3.99. The molecule has 0 aliphatic heterocycles. The molecule has 0 aliphatic carbocycles. The summed E-state index contributed by atoms with van der Waals surface area (Å²) in [5.41, 5.74) is 19.0. The molecule has 2 aromatic heterocycles.